The highest BCUT2D eigenvalue weighted by atomic mass is 19.1. The van der Waals surface area contributed by atoms with E-state index in [-0.39, 0.29) is 11.7 Å². The van der Waals surface area contributed by atoms with Crippen molar-refractivity contribution in [2.45, 2.75) is 12.3 Å². The molecule has 2 heteroatoms. The van der Waals surface area contributed by atoms with E-state index in [1.54, 1.807) is 12.1 Å². The molecule has 0 N–H and O–H groups in total. The molecule has 0 saturated heterocycles. The third-order valence-electron chi connectivity index (χ3n) is 3.65. The smallest absolute Gasteiger partial charge is 0.146 e. The van der Waals surface area contributed by atoms with Crippen LogP contribution in [0.5, 0.6) is 0 Å². The van der Waals surface area contributed by atoms with Gasteiger partial charge in [-0.3, -0.25) is 4.79 Å². The summed E-state index contributed by atoms with van der Waals surface area (Å²) in [5, 5.41) is 0. The van der Waals surface area contributed by atoms with Crippen LogP contribution in [0.25, 0.3) is 5.57 Å². The van der Waals surface area contributed by atoms with Crippen molar-refractivity contribution in [1.29, 1.82) is 0 Å². The molecule has 1 nitrogen and oxygen atoms in total. The lowest BCUT2D eigenvalue weighted by atomic mass is 9.72. The summed E-state index contributed by atoms with van der Waals surface area (Å²) in [5.74, 6) is -0.142. The third-order valence-corrected chi connectivity index (χ3v) is 3.65. The molecule has 1 unspecified atom stereocenters. The second kappa shape index (κ2) is 4.81. The van der Waals surface area contributed by atoms with E-state index in [9.17, 15) is 9.18 Å². The Morgan fingerprint density at radius 1 is 1.00 bits per heavy atom. The van der Waals surface area contributed by atoms with Gasteiger partial charge in [-0.2, -0.15) is 0 Å². The largest absolute Gasteiger partial charge is 0.298 e. The van der Waals surface area contributed by atoms with Gasteiger partial charge in [-0.1, -0.05) is 42.5 Å². The van der Waals surface area contributed by atoms with Crippen molar-refractivity contribution in [2.75, 3.05) is 0 Å². The van der Waals surface area contributed by atoms with Crippen LogP contribution in [0.1, 0.15) is 23.5 Å². The maximum absolute atomic E-state index is 12.9. The summed E-state index contributed by atoms with van der Waals surface area (Å²) < 4.78 is 12.9. The number of halogens is 1. The minimum absolute atomic E-state index is 0.105. The summed E-state index contributed by atoms with van der Waals surface area (Å²) in [6.45, 7) is 0. The number of hydrogen-bond donors (Lipinski definition) is 0. The topological polar surface area (TPSA) is 17.1 Å². The molecule has 0 saturated carbocycles. The minimum atomic E-state index is -0.247. The van der Waals surface area contributed by atoms with Crippen LogP contribution in [0.4, 0.5) is 4.39 Å². The maximum atomic E-state index is 12.9. The van der Waals surface area contributed by atoms with Crippen molar-refractivity contribution >= 4 is 11.9 Å². The molecule has 0 radical (unpaired) electrons. The molecule has 19 heavy (non-hydrogen) atoms. The van der Waals surface area contributed by atoms with Crippen LogP contribution in [-0.2, 0) is 4.79 Å². The average Bonchev–Trinajstić information content (AvgIpc) is 2.42. The van der Waals surface area contributed by atoms with Gasteiger partial charge in [0.05, 0.1) is 0 Å². The lowest BCUT2D eigenvalue weighted by Crippen LogP contribution is -2.17. The van der Waals surface area contributed by atoms with Crippen molar-refractivity contribution < 1.29 is 9.18 Å². The molecule has 0 aliphatic heterocycles. The van der Waals surface area contributed by atoms with E-state index in [1.807, 2.05) is 30.3 Å². The summed E-state index contributed by atoms with van der Waals surface area (Å²) in [6, 6.07) is 16.3. The zero-order chi connectivity index (χ0) is 13.2. The van der Waals surface area contributed by atoms with Crippen LogP contribution in [0.3, 0.4) is 0 Å². The Bertz CT molecular complexity index is 626. The SMILES string of the molecule is O=CC1=C(c2ccccc2)CC1c1ccc(F)cc1. The lowest BCUT2D eigenvalue weighted by molar-refractivity contribution is -0.105. The number of hydrogen-bond acceptors (Lipinski definition) is 1. The summed E-state index contributed by atoms with van der Waals surface area (Å²) in [7, 11) is 0. The predicted octanol–water partition coefficient (Wildman–Crippen LogP) is 3.97. The van der Waals surface area contributed by atoms with E-state index in [2.05, 4.69) is 0 Å². The Morgan fingerprint density at radius 3 is 2.32 bits per heavy atom. The van der Waals surface area contributed by atoms with Crippen LogP contribution >= 0.6 is 0 Å². The fourth-order valence-electron chi connectivity index (χ4n) is 2.58. The second-order valence-corrected chi connectivity index (χ2v) is 4.73. The molecular formula is C17H13FO. The second-order valence-electron chi connectivity index (χ2n) is 4.73. The highest BCUT2D eigenvalue weighted by Gasteiger charge is 2.30. The standard InChI is InChI=1S/C17H13FO/c18-14-8-6-13(7-9-14)16-10-15(17(16)11-19)12-4-2-1-3-5-12/h1-9,11,16H,10H2. The van der Waals surface area contributed by atoms with Crippen molar-refractivity contribution in [3.63, 3.8) is 0 Å². The predicted molar refractivity (Wildman–Crippen MR) is 73.2 cm³/mol. The molecule has 0 fully saturated rings. The molecule has 3 rings (SSSR count). The maximum Gasteiger partial charge on any atom is 0.146 e. The van der Waals surface area contributed by atoms with Gasteiger partial charge in [-0.05, 0) is 35.3 Å². The van der Waals surface area contributed by atoms with E-state index in [0.29, 0.717) is 0 Å². The van der Waals surface area contributed by atoms with E-state index in [0.717, 1.165) is 35.0 Å². The van der Waals surface area contributed by atoms with Crippen molar-refractivity contribution in [1.82, 2.24) is 0 Å². The minimum Gasteiger partial charge on any atom is -0.298 e. The van der Waals surface area contributed by atoms with Gasteiger partial charge in [0.25, 0.3) is 0 Å². The number of carbonyl (C=O) groups excluding carboxylic acids is 1. The third kappa shape index (κ3) is 2.10. The summed E-state index contributed by atoms with van der Waals surface area (Å²) in [4.78, 5) is 11.3. The van der Waals surface area contributed by atoms with E-state index in [4.69, 9.17) is 0 Å². The number of aldehydes is 1. The molecule has 1 atom stereocenters. The van der Waals surface area contributed by atoms with Gasteiger partial charge in [-0.25, -0.2) is 4.39 Å². The zero-order valence-corrected chi connectivity index (χ0v) is 10.3. The van der Waals surface area contributed by atoms with Crippen LogP contribution < -0.4 is 0 Å². The van der Waals surface area contributed by atoms with Crippen LogP contribution in [0, 0.1) is 5.82 Å². The van der Waals surface area contributed by atoms with E-state index >= 15 is 0 Å². The zero-order valence-electron chi connectivity index (χ0n) is 10.3. The van der Waals surface area contributed by atoms with Crippen molar-refractivity contribution in [2.24, 2.45) is 0 Å². The fraction of sp³-hybridized carbons (Fsp3) is 0.118. The van der Waals surface area contributed by atoms with E-state index in [1.165, 1.54) is 12.1 Å². The molecule has 0 bridgehead atoms. The molecule has 2 aromatic rings. The van der Waals surface area contributed by atoms with Crippen molar-refractivity contribution in [3.8, 4) is 0 Å². The Hall–Kier alpha value is -2.22. The Labute approximate surface area is 111 Å². The van der Waals surface area contributed by atoms with Gasteiger partial charge >= 0.3 is 0 Å². The number of carbonyl (C=O) groups is 1. The molecule has 0 heterocycles. The lowest BCUT2D eigenvalue weighted by Gasteiger charge is -2.31. The first-order chi connectivity index (χ1) is 9.29. The molecule has 0 aromatic heterocycles. The molecule has 2 aromatic carbocycles. The quantitative estimate of drug-likeness (QED) is 0.755. The number of rotatable bonds is 3. The van der Waals surface area contributed by atoms with Crippen LogP contribution in [-0.4, -0.2) is 6.29 Å². The Kier molecular flexibility index (Phi) is 3.00. The molecule has 1 aliphatic carbocycles. The first kappa shape index (κ1) is 11.8. The van der Waals surface area contributed by atoms with Gasteiger partial charge in [-0.15, -0.1) is 0 Å². The Morgan fingerprint density at radius 2 is 1.68 bits per heavy atom. The summed E-state index contributed by atoms with van der Waals surface area (Å²) in [6.07, 6.45) is 1.77. The van der Waals surface area contributed by atoms with Gasteiger partial charge in [0.2, 0.25) is 0 Å². The normalized spacial score (nSPS) is 18.1. The highest BCUT2D eigenvalue weighted by Crippen LogP contribution is 2.46. The monoisotopic (exact) mass is 252 g/mol. The summed E-state index contributed by atoms with van der Waals surface area (Å²) >= 11 is 0. The van der Waals surface area contributed by atoms with Crippen LogP contribution in [0.2, 0.25) is 0 Å². The Balaban J connectivity index is 1.95. The number of allylic oxidation sites excluding steroid dienone is 2. The van der Waals surface area contributed by atoms with Gasteiger partial charge in [0, 0.05) is 11.5 Å². The van der Waals surface area contributed by atoms with Crippen molar-refractivity contribution in [3.05, 3.63) is 77.1 Å². The fourth-order valence-corrected chi connectivity index (χ4v) is 2.58. The first-order valence-corrected chi connectivity index (χ1v) is 6.28. The molecule has 0 spiro atoms. The van der Waals surface area contributed by atoms with Gasteiger partial charge in [0.15, 0.2) is 0 Å². The molecule has 0 amide bonds. The van der Waals surface area contributed by atoms with Gasteiger partial charge in [0.1, 0.15) is 12.1 Å². The highest BCUT2D eigenvalue weighted by molar-refractivity contribution is 5.95. The molecule has 94 valence electrons. The van der Waals surface area contributed by atoms with E-state index < -0.39 is 0 Å². The van der Waals surface area contributed by atoms with Gasteiger partial charge < -0.3 is 0 Å². The van der Waals surface area contributed by atoms with Crippen LogP contribution in [0.15, 0.2) is 60.2 Å². The summed E-state index contributed by atoms with van der Waals surface area (Å²) in [5.41, 5.74) is 4.02. The average molecular weight is 252 g/mol. The molecule has 1 aliphatic rings. The number of benzene rings is 2. The first-order valence-electron chi connectivity index (χ1n) is 6.28. The molecular weight excluding hydrogens is 239 g/mol.